The Balaban J connectivity index is 1.68. The number of rotatable bonds is 1. The lowest BCUT2D eigenvalue weighted by Crippen LogP contribution is -2.35. The first kappa shape index (κ1) is 19.1. The Bertz CT molecular complexity index is 1520. The van der Waals surface area contributed by atoms with Gasteiger partial charge in [-0.25, -0.2) is 4.79 Å². The van der Waals surface area contributed by atoms with E-state index in [0.717, 1.165) is 39.5 Å². The number of nitrogens with one attached hydrogen (secondary N) is 1. The van der Waals surface area contributed by atoms with Gasteiger partial charge in [0.2, 0.25) is 0 Å². The summed E-state index contributed by atoms with van der Waals surface area (Å²) in [6.07, 6.45) is 1.22. The van der Waals surface area contributed by atoms with E-state index in [1.807, 2.05) is 42.5 Å². The van der Waals surface area contributed by atoms with Crippen LogP contribution in [-0.2, 0) is 4.79 Å². The van der Waals surface area contributed by atoms with E-state index in [1.165, 1.54) is 0 Å². The van der Waals surface area contributed by atoms with Crippen LogP contribution in [-0.4, -0.2) is 5.78 Å². The van der Waals surface area contributed by atoms with Crippen LogP contribution in [0.4, 0.5) is 5.69 Å². The van der Waals surface area contributed by atoms with Gasteiger partial charge in [-0.1, -0.05) is 68.4 Å². The molecule has 1 aliphatic carbocycles. The Morgan fingerprint density at radius 3 is 2.50 bits per heavy atom. The number of benzene rings is 3. The standard InChI is InChI=1S/C28H23NO3/c1-28(2)14-20-24(21(30)15-28)23(18-12-11-16-7-3-4-8-17(16)13-18)25-26(29-20)19-9-5-6-10-22(19)32-27(25)31/h3-13,23,29H,14-15H2,1-2H3. The average molecular weight is 421 g/mol. The molecule has 158 valence electrons. The maximum Gasteiger partial charge on any atom is 0.342 e. The van der Waals surface area contributed by atoms with E-state index in [0.29, 0.717) is 23.1 Å². The van der Waals surface area contributed by atoms with Gasteiger partial charge in [0.1, 0.15) is 5.58 Å². The SMILES string of the molecule is CC1(C)CC(=O)C2=C(C1)Nc1c(c(=O)oc3ccccc13)C2c1ccc2ccccc2c1. The zero-order chi connectivity index (χ0) is 22.0. The van der Waals surface area contributed by atoms with E-state index in [1.54, 1.807) is 0 Å². The van der Waals surface area contributed by atoms with Crippen LogP contribution in [0.2, 0.25) is 0 Å². The number of carbonyl (C=O) groups is 1. The molecule has 4 aromatic rings. The molecule has 1 N–H and O–H groups in total. The number of hydrogen-bond acceptors (Lipinski definition) is 4. The quantitative estimate of drug-likeness (QED) is 0.375. The summed E-state index contributed by atoms with van der Waals surface area (Å²) in [5, 5.41) is 6.57. The molecule has 0 bridgehead atoms. The molecule has 0 saturated heterocycles. The maximum absolute atomic E-state index is 13.4. The normalized spacial score (nSPS) is 19.6. The number of ketones is 1. The molecule has 32 heavy (non-hydrogen) atoms. The molecule has 1 unspecified atom stereocenters. The highest BCUT2D eigenvalue weighted by Gasteiger charge is 2.42. The van der Waals surface area contributed by atoms with Gasteiger partial charge in [-0.15, -0.1) is 0 Å². The smallest absolute Gasteiger partial charge is 0.342 e. The van der Waals surface area contributed by atoms with E-state index < -0.39 is 11.5 Å². The van der Waals surface area contributed by atoms with E-state index in [4.69, 9.17) is 4.42 Å². The van der Waals surface area contributed by atoms with E-state index in [9.17, 15) is 9.59 Å². The minimum Gasteiger partial charge on any atom is -0.422 e. The predicted molar refractivity (Wildman–Crippen MR) is 127 cm³/mol. The summed E-state index contributed by atoms with van der Waals surface area (Å²) >= 11 is 0. The molecule has 2 heterocycles. The third-order valence-electron chi connectivity index (χ3n) is 6.73. The molecular formula is C28H23NO3. The Morgan fingerprint density at radius 1 is 0.906 bits per heavy atom. The van der Waals surface area contributed by atoms with E-state index in [2.05, 4.69) is 43.4 Å². The van der Waals surface area contributed by atoms with Gasteiger partial charge in [0.05, 0.1) is 11.3 Å². The highest BCUT2D eigenvalue weighted by molar-refractivity contribution is 6.04. The van der Waals surface area contributed by atoms with Crippen molar-refractivity contribution in [3.8, 4) is 0 Å². The van der Waals surface area contributed by atoms with Crippen LogP contribution in [0.25, 0.3) is 21.7 Å². The van der Waals surface area contributed by atoms with Gasteiger partial charge in [-0.3, -0.25) is 4.79 Å². The zero-order valence-electron chi connectivity index (χ0n) is 18.1. The minimum absolute atomic E-state index is 0.0973. The Morgan fingerprint density at radius 2 is 1.66 bits per heavy atom. The van der Waals surface area contributed by atoms with Gasteiger partial charge in [-0.2, -0.15) is 0 Å². The molecule has 4 heteroatoms. The number of anilines is 1. The number of Topliss-reactive ketones (excluding diaryl/α,β-unsaturated/α-hetero) is 1. The van der Waals surface area contributed by atoms with Gasteiger partial charge in [0.15, 0.2) is 5.78 Å². The van der Waals surface area contributed by atoms with Gasteiger partial charge in [-0.05, 0) is 40.3 Å². The van der Waals surface area contributed by atoms with Crippen molar-refractivity contribution in [3.63, 3.8) is 0 Å². The number of fused-ring (bicyclic) bond motifs is 4. The molecule has 6 rings (SSSR count). The molecule has 0 fully saturated rings. The first-order valence-corrected chi connectivity index (χ1v) is 11.0. The molecule has 1 aromatic heterocycles. The number of para-hydroxylation sites is 1. The monoisotopic (exact) mass is 421 g/mol. The number of allylic oxidation sites excluding steroid dienone is 2. The second-order valence-corrected chi connectivity index (χ2v) is 9.67. The molecule has 1 atom stereocenters. The minimum atomic E-state index is -0.449. The molecular weight excluding hydrogens is 398 g/mol. The van der Waals surface area contributed by atoms with Gasteiger partial charge in [0.25, 0.3) is 0 Å². The van der Waals surface area contributed by atoms with Crippen molar-refractivity contribution in [2.45, 2.75) is 32.6 Å². The summed E-state index contributed by atoms with van der Waals surface area (Å²) in [7, 11) is 0. The third-order valence-corrected chi connectivity index (χ3v) is 6.73. The van der Waals surface area contributed by atoms with Crippen LogP contribution in [0.5, 0.6) is 0 Å². The Kier molecular flexibility index (Phi) is 3.97. The summed E-state index contributed by atoms with van der Waals surface area (Å²) in [6.45, 7) is 4.24. The molecule has 1 aliphatic heterocycles. The lowest BCUT2D eigenvalue weighted by Gasteiger charge is -2.39. The molecule has 0 saturated carbocycles. The summed E-state index contributed by atoms with van der Waals surface area (Å²) in [6, 6.07) is 21.9. The fourth-order valence-electron chi connectivity index (χ4n) is 5.36. The zero-order valence-corrected chi connectivity index (χ0v) is 18.1. The van der Waals surface area contributed by atoms with Crippen LogP contribution in [0.1, 0.15) is 43.7 Å². The van der Waals surface area contributed by atoms with Crippen molar-refractivity contribution >= 4 is 33.2 Å². The summed E-state index contributed by atoms with van der Waals surface area (Å²) in [5.41, 5.74) is 3.87. The van der Waals surface area contributed by atoms with Crippen LogP contribution in [0, 0.1) is 5.41 Å². The second-order valence-electron chi connectivity index (χ2n) is 9.67. The van der Waals surface area contributed by atoms with Gasteiger partial charge in [0, 0.05) is 29.0 Å². The van der Waals surface area contributed by atoms with Crippen molar-refractivity contribution < 1.29 is 9.21 Å². The summed E-state index contributed by atoms with van der Waals surface area (Å²) in [4.78, 5) is 26.7. The molecule has 4 nitrogen and oxygen atoms in total. The van der Waals surface area contributed by atoms with Gasteiger partial charge < -0.3 is 9.73 Å². The fourth-order valence-corrected chi connectivity index (χ4v) is 5.36. The Labute approximate surface area is 185 Å². The predicted octanol–water partition coefficient (Wildman–Crippen LogP) is 6.15. The van der Waals surface area contributed by atoms with Crippen molar-refractivity contribution in [2.24, 2.45) is 5.41 Å². The number of hydrogen-bond donors (Lipinski definition) is 1. The molecule has 3 aromatic carbocycles. The molecule has 2 aliphatic rings. The van der Waals surface area contributed by atoms with E-state index in [-0.39, 0.29) is 11.2 Å². The lowest BCUT2D eigenvalue weighted by atomic mass is 9.68. The van der Waals surface area contributed by atoms with Crippen LogP contribution in [0.3, 0.4) is 0 Å². The van der Waals surface area contributed by atoms with Crippen molar-refractivity contribution in [3.05, 3.63) is 99.5 Å². The van der Waals surface area contributed by atoms with Crippen molar-refractivity contribution in [2.75, 3.05) is 5.32 Å². The number of carbonyl (C=O) groups excluding carboxylic acids is 1. The van der Waals surface area contributed by atoms with Crippen molar-refractivity contribution in [1.29, 1.82) is 0 Å². The van der Waals surface area contributed by atoms with Gasteiger partial charge >= 0.3 is 5.63 Å². The summed E-state index contributed by atoms with van der Waals surface area (Å²) < 4.78 is 5.73. The average Bonchev–Trinajstić information content (AvgIpc) is 2.76. The molecule has 0 radical (unpaired) electrons. The molecule has 0 spiro atoms. The first-order valence-electron chi connectivity index (χ1n) is 11.0. The summed E-state index contributed by atoms with van der Waals surface area (Å²) in [5.74, 6) is -0.351. The largest absolute Gasteiger partial charge is 0.422 e. The second kappa shape index (κ2) is 6.67. The highest BCUT2D eigenvalue weighted by atomic mass is 16.4. The fraction of sp³-hybridized carbons (Fsp3) is 0.214. The van der Waals surface area contributed by atoms with Crippen LogP contribution in [0.15, 0.2) is 87.2 Å². The molecule has 0 amide bonds. The van der Waals surface area contributed by atoms with Crippen molar-refractivity contribution in [1.82, 2.24) is 0 Å². The maximum atomic E-state index is 13.4. The third kappa shape index (κ3) is 2.83. The lowest BCUT2D eigenvalue weighted by molar-refractivity contribution is -0.118. The first-order chi connectivity index (χ1) is 15.4. The van der Waals surface area contributed by atoms with Crippen LogP contribution < -0.4 is 10.9 Å². The van der Waals surface area contributed by atoms with Crippen LogP contribution >= 0.6 is 0 Å². The van der Waals surface area contributed by atoms with E-state index >= 15 is 0 Å². The topological polar surface area (TPSA) is 59.3 Å². The highest BCUT2D eigenvalue weighted by Crippen LogP contribution is 2.49. The Hall–Kier alpha value is -3.66.